The van der Waals surface area contributed by atoms with Gasteiger partial charge in [0.15, 0.2) is 0 Å². The van der Waals surface area contributed by atoms with Crippen molar-refractivity contribution in [3.63, 3.8) is 0 Å². The van der Waals surface area contributed by atoms with Crippen LogP contribution in [0.5, 0.6) is 0 Å². The summed E-state index contributed by atoms with van der Waals surface area (Å²) in [4.78, 5) is 0. The van der Waals surface area contributed by atoms with Crippen molar-refractivity contribution < 1.29 is 0 Å². The molecule has 1 spiro atoms. The molecule has 0 aromatic rings. The summed E-state index contributed by atoms with van der Waals surface area (Å²) in [7, 11) is 0. The summed E-state index contributed by atoms with van der Waals surface area (Å²) in [5, 5.41) is 0. The second-order valence-corrected chi connectivity index (χ2v) is 6.26. The molecule has 0 radical (unpaired) electrons. The molecule has 2 aliphatic rings. The van der Waals surface area contributed by atoms with E-state index >= 15 is 0 Å². The van der Waals surface area contributed by atoms with E-state index in [1.807, 2.05) is 13.8 Å². The van der Waals surface area contributed by atoms with Gasteiger partial charge in [-0.15, -0.1) is 0 Å². The zero-order chi connectivity index (χ0) is 12.2. The van der Waals surface area contributed by atoms with Crippen LogP contribution in [0.1, 0.15) is 102 Å². The first-order chi connectivity index (χ1) is 7.65. The molecule has 0 heteroatoms. The fourth-order valence-corrected chi connectivity index (χ4v) is 3.78. The molecule has 0 saturated heterocycles. The van der Waals surface area contributed by atoms with E-state index in [1.165, 1.54) is 19.3 Å². The molecule has 2 saturated carbocycles. The largest absolute Gasteiger partial charge is 0.0776 e. The van der Waals surface area contributed by atoms with E-state index in [4.69, 9.17) is 0 Å². The van der Waals surface area contributed by atoms with Crippen LogP contribution in [-0.2, 0) is 0 Å². The van der Waals surface area contributed by atoms with Crippen molar-refractivity contribution in [1.29, 1.82) is 0 Å². The maximum atomic E-state index is 2.40. The van der Waals surface area contributed by atoms with Crippen LogP contribution in [-0.4, -0.2) is 0 Å². The van der Waals surface area contributed by atoms with Gasteiger partial charge in [-0.3, -0.25) is 0 Å². The lowest BCUT2D eigenvalue weighted by atomic mass is 9.53. The fraction of sp³-hybridized carbons (Fsp3) is 1.00. The van der Waals surface area contributed by atoms with Crippen molar-refractivity contribution in [2.24, 2.45) is 23.2 Å². The Morgan fingerprint density at radius 1 is 0.947 bits per heavy atom. The maximum Gasteiger partial charge on any atom is -0.0292 e. The first kappa shape index (κ1) is 24.0. The molecule has 0 heterocycles. The van der Waals surface area contributed by atoms with Gasteiger partial charge in [-0.25, -0.2) is 0 Å². The quantitative estimate of drug-likeness (QED) is 0.486. The van der Waals surface area contributed by atoms with Gasteiger partial charge in [0.1, 0.15) is 0 Å². The molecular formula is C19H44. The minimum absolute atomic E-state index is 0. The molecule has 0 aromatic carbocycles. The summed E-state index contributed by atoms with van der Waals surface area (Å²) in [6.45, 7) is 11.2. The molecule has 0 aromatic heterocycles. The Balaban J connectivity index is -0.000000489. The minimum atomic E-state index is 0. The third-order valence-corrected chi connectivity index (χ3v) is 5.05. The third kappa shape index (κ3) is 5.88. The standard InChI is InChI=1S/C14H26.C2H6.3CH4/c1-4-12-9-14(10-12)7-5-13(6-8-14)11(2)3;1-2;;;/h11-13H,4-10H2,1-3H3;1-2H3;3*1H4. The first-order valence-corrected chi connectivity index (χ1v) is 7.65. The van der Waals surface area contributed by atoms with Crippen LogP contribution < -0.4 is 0 Å². The lowest BCUT2D eigenvalue weighted by Gasteiger charge is -2.52. The lowest BCUT2D eigenvalue weighted by molar-refractivity contribution is -0.00758. The third-order valence-electron chi connectivity index (χ3n) is 5.05. The zero-order valence-electron chi connectivity index (χ0n) is 12.2. The summed E-state index contributed by atoms with van der Waals surface area (Å²) >= 11 is 0. The van der Waals surface area contributed by atoms with Gasteiger partial charge in [0.2, 0.25) is 0 Å². The SMILES string of the molecule is C.C.C.CC.CCC1CC2(CCC(C(C)C)CC2)C1. The summed E-state index contributed by atoms with van der Waals surface area (Å²) in [6.07, 6.45) is 10.7. The lowest BCUT2D eigenvalue weighted by Crippen LogP contribution is -2.40. The van der Waals surface area contributed by atoms with Crippen LogP contribution in [0.25, 0.3) is 0 Å². The Morgan fingerprint density at radius 2 is 1.37 bits per heavy atom. The molecule has 19 heavy (non-hydrogen) atoms. The molecule has 2 rings (SSSR count). The molecule has 0 aliphatic heterocycles. The molecule has 2 fully saturated rings. The van der Waals surface area contributed by atoms with Crippen molar-refractivity contribution in [2.75, 3.05) is 0 Å². The van der Waals surface area contributed by atoms with Gasteiger partial charge in [0, 0.05) is 0 Å². The summed E-state index contributed by atoms with van der Waals surface area (Å²) < 4.78 is 0. The Bertz CT molecular complexity index is 176. The van der Waals surface area contributed by atoms with E-state index < -0.39 is 0 Å². The van der Waals surface area contributed by atoms with Crippen LogP contribution in [0, 0.1) is 23.2 Å². The first-order valence-electron chi connectivity index (χ1n) is 7.65. The molecule has 0 bridgehead atoms. The summed E-state index contributed by atoms with van der Waals surface area (Å²) in [5.74, 6) is 3.06. The minimum Gasteiger partial charge on any atom is -0.0776 e. The molecule has 0 atom stereocenters. The summed E-state index contributed by atoms with van der Waals surface area (Å²) in [5.41, 5.74) is 0.839. The van der Waals surface area contributed by atoms with Gasteiger partial charge in [0.25, 0.3) is 0 Å². The molecule has 2 aliphatic carbocycles. The second-order valence-electron chi connectivity index (χ2n) is 6.26. The fourth-order valence-electron chi connectivity index (χ4n) is 3.78. The van der Waals surface area contributed by atoms with Gasteiger partial charge < -0.3 is 0 Å². The Labute approximate surface area is 125 Å². The zero-order valence-corrected chi connectivity index (χ0v) is 12.2. The van der Waals surface area contributed by atoms with Crippen molar-refractivity contribution in [2.45, 2.75) is 102 Å². The average Bonchev–Trinajstić information content (AvgIpc) is 2.28. The second kappa shape index (κ2) is 10.7. The van der Waals surface area contributed by atoms with E-state index in [9.17, 15) is 0 Å². The normalized spacial score (nSPS) is 31.9. The molecule has 0 nitrogen and oxygen atoms in total. The van der Waals surface area contributed by atoms with Crippen LogP contribution in [0.2, 0.25) is 0 Å². The highest BCUT2D eigenvalue weighted by molar-refractivity contribution is 4.96. The van der Waals surface area contributed by atoms with Crippen molar-refractivity contribution in [1.82, 2.24) is 0 Å². The van der Waals surface area contributed by atoms with Crippen LogP contribution >= 0.6 is 0 Å². The molecule has 0 N–H and O–H groups in total. The Morgan fingerprint density at radius 3 is 1.68 bits per heavy atom. The smallest absolute Gasteiger partial charge is 0.0292 e. The number of hydrogen-bond acceptors (Lipinski definition) is 0. The Hall–Kier alpha value is 0. The highest BCUT2D eigenvalue weighted by Crippen LogP contribution is 2.57. The highest BCUT2D eigenvalue weighted by atomic mass is 14.5. The topological polar surface area (TPSA) is 0 Å². The summed E-state index contributed by atoms with van der Waals surface area (Å²) in [6, 6.07) is 0. The number of rotatable bonds is 2. The van der Waals surface area contributed by atoms with Gasteiger partial charge in [-0.1, -0.05) is 63.3 Å². The number of hydrogen-bond donors (Lipinski definition) is 0. The van der Waals surface area contributed by atoms with Gasteiger partial charge >= 0.3 is 0 Å². The van der Waals surface area contributed by atoms with Gasteiger partial charge in [0.05, 0.1) is 0 Å². The van der Waals surface area contributed by atoms with E-state index in [-0.39, 0.29) is 22.3 Å². The predicted molar refractivity (Wildman–Crippen MR) is 93.8 cm³/mol. The van der Waals surface area contributed by atoms with E-state index in [2.05, 4.69) is 20.8 Å². The monoisotopic (exact) mass is 272 g/mol. The van der Waals surface area contributed by atoms with E-state index in [1.54, 1.807) is 25.7 Å². The maximum absolute atomic E-state index is 2.40. The Kier molecular flexibility index (Phi) is 13.6. The molecule has 0 amide bonds. The molecule has 120 valence electrons. The van der Waals surface area contributed by atoms with Crippen LogP contribution in [0.15, 0.2) is 0 Å². The van der Waals surface area contributed by atoms with Crippen molar-refractivity contribution in [3.8, 4) is 0 Å². The van der Waals surface area contributed by atoms with Crippen LogP contribution in [0.4, 0.5) is 0 Å². The van der Waals surface area contributed by atoms with Crippen molar-refractivity contribution in [3.05, 3.63) is 0 Å². The van der Waals surface area contributed by atoms with Crippen molar-refractivity contribution >= 4 is 0 Å². The predicted octanol–water partition coefficient (Wildman–Crippen LogP) is 7.57. The van der Waals surface area contributed by atoms with E-state index in [0.717, 1.165) is 23.2 Å². The van der Waals surface area contributed by atoms with E-state index in [0.29, 0.717) is 0 Å². The van der Waals surface area contributed by atoms with Gasteiger partial charge in [-0.2, -0.15) is 0 Å². The van der Waals surface area contributed by atoms with Crippen LogP contribution in [0.3, 0.4) is 0 Å². The molecular weight excluding hydrogens is 228 g/mol. The van der Waals surface area contributed by atoms with Gasteiger partial charge in [-0.05, 0) is 61.7 Å². The molecule has 0 unspecified atom stereocenters. The average molecular weight is 273 g/mol. The highest BCUT2D eigenvalue weighted by Gasteiger charge is 2.45.